The van der Waals surface area contributed by atoms with Gasteiger partial charge in [-0.15, -0.1) is 10.2 Å². The normalized spacial score (nSPS) is 18.6. The molecule has 1 aromatic carbocycles. The number of para-hydroxylation sites is 1. The van der Waals surface area contributed by atoms with Gasteiger partial charge in [-0.2, -0.15) is 9.61 Å². The Morgan fingerprint density at radius 2 is 2.29 bits per heavy atom. The van der Waals surface area contributed by atoms with Crippen LogP contribution in [0.15, 0.2) is 18.2 Å². The number of fused-ring (bicyclic) bond motifs is 1. The first-order chi connectivity index (χ1) is 10.2. The summed E-state index contributed by atoms with van der Waals surface area (Å²) < 4.78 is 7.19. The van der Waals surface area contributed by atoms with E-state index in [1.807, 2.05) is 25.1 Å². The van der Waals surface area contributed by atoms with Crippen LogP contribution in [0.3, 0.4) is 0 Å². The van der Waals surface area contributed by atoms with Gasteiger partial charge in [0.05, 0.1) is 12.2 Å². The van der Waals surface area contributed by atoms with Gasteiger partial charge in [0.25, 0.3) is 0 Å². The zero-order valence-electron chi connectivity index (χ0n) is 11.5. The predicted octanol–water partition coefficient (Wildman–Crippen LogP) is 2.37. The molecule has 1 unspecified atom stereocenters. The van der Waals surface area contributed by atoms with Gasteiger partial charge in [0.15, 0.2) is 10.8 Å². The lowest BCUT2D eigenvalue weighted by Crippen LogP contribution is -2.04. The maximum absolute atomic E-state index is 10.2. The molecule has 6 nitrogen and oxygen atoms in total. The van der Waals surface area contributed by atoms with Gasteiger partial charge in [0.2, 0.25) is 4.96 Å². The van der Waals surface area contributed by atoms with Crippen LogP contribution in [0.4, 0.5) is 0 Å². The van der Waals surface area contributed by atoms with Crippen LogP contribution in [0.1, 0.15) is 23.7 Å². The van der Waals surface area contributed by atoms with Gasteiger partial charge in [0, 0.05) is 12.5 Å². The van der Waals surface area contributed by atoms with Crippen molar-refractivity contribution in [2.24, 2.45) is 0 Å². The first-order valence-corrected chi connectivity index (χ1v) is 7.64. The fraction of sp³-hybridized carbons (Fsp3) is 0.357. The summed E-state index contributed by atoms with van der Waals surface area (Å²) in [6.45, 7) is 3.30. The molecular formula is C14H14N4O2S. The summed E-state index contributed by atoms with van der Waals surface area (Å²) in [5.74, 6) is 1.37. The van der Waals surface area contributed by atoms with Crippen LogP contribution < -0.4 is 0 Å². The first kappa shape index (κ1) is 12.7. The Morgan fingerprint density at radius 1 is 1.38 bits per heavy atom. The highest BCUT2D eigenvalue weighted by atomic mass is 32.1. The molecule has 0 spiro atoms. The molecule has 21 heavy (non-hydrogen) atoms. The molecule has 1 fully saturated rings. The number of hydrogen-bond acceptors (Lipinski definition) is 6. The van der Waals surface area contributed by atoms with E-state index in [0.717, 1.165) is 39.9 Å². The summed E-state index contributed by atoms with van der Waals surface area (Å²) in [5, 5.41) is 24.0. The Morgan fingerprint density at radius 3 is 3.10 bits per heavy atom. The lowest BCUT2D eigenvalue weighted by atomic mass is 10.1. The molecular weight excluding hydrogens is 288 g/mol. The van der Waals surface area contributed by atoms with Crippen molar-refractivity contribution >= 4 is 16.3 Å². The van der Waals surface area contributed by atoms with Crippen LogP contribution in [0, 0.1) is 6.92 Å². The van der Waals surface area contributed by atoms with E-state index < -0.39 is 0 Å². The van der Waals surface area contributed by atoms with Gasteiger partial charge >= 0.3 is 0 Å². The zero-order chi connectivity index (χ0) is 14.4. The summed E-state index contributed by atoms with van der Waals surface area (Å²) >= 11 is 1.43. The number of phenols is 1. The van der Waals surface area contributed by atoms with E-state index in [9.17, 15) is 5.11 Å². The van der Waals surface area contributed by atoms with Crippen molar-refractivity contribution in [1.82, 2.24) is 19.8 Å². The van der Waals surface area contributed by atoms with E-state index in [2.05, 4.69) is 15.3 Å². The number of aromatic hydroxyl groups is 1. The SMILES string of the molecule is Cc1cccc(-c2nn3c(C4CCOC4)nnc3s2)c1O. The van der Waals surface area contributed by atoms with Crippen LogP contribution in [0.5, 0.6) is 5.75 Å². The number of hydrogen-bond donors (Lipinski definition) is 1. The minimum atomic E-state index is 0.251. The molecule has 1 aliphatic rings. The molecule has 3 heterocycles. The number of phenolic OH excluding ortho intramolecular Hbond substituents is 1. The van der Waals surface area contributed by atoms with Crippen molar-refractivity contribution in [2.75, 3.05) is 13.2 Å². The van der Waals surface area contributed by atoms with Gasteiger partial charge < -0.3 is 9.84 Å². The number of rotatable bonds is 2. The quantitative estimate of drug-likeness (QED) is 0.787. The Labute approximate surface area is 125 Å². The highest BCUT2D eigenvalue weighted by molar-refractivity contribution is 7.19. The van der Waals surface area contributed by atoms with Crippen LogP contribution >= 0.6 is 11.3 Å². The third-order valence-electron chi connectivity index (χ3n) is 3.78. The molecule has 1 saturated heterocycles. The predicted molar refractivity (Wildman–Crippen MR) is 78.7 cm³/mol. The third kappa shape index (κ3) is 2.00. The van der Waals surface area contributed by atoms with Crippen molar-refractivity contribution in [3.63, 3.8) is 0 Å². The Hall–Kier alpha value is -1.99. The van der Waals surface area contributed by atoms with E-state index in [0.29, 0.717) is 6.61 Å². The van der Waals surface area contributed by atoms with Crippen LogP contribution in [0.25, 0.3) is 15.5 Å². The second-order valence-electron chi connectivity index (χ2n) is 5.19. The van der Waals surface area contributed by atoms with Crippen molar-refractivity contribution < 1.29 is 9.84 Å². The van der Waals surface area contributed by atoms with Gasteiger partial charge in [-0.05, 0) is 25.0 Å². The summed E-state index contributed by atoms with van der Waals surface area (Å²) in [4.78, 5) is 0.743. The van der Waals surface area contributed by atoms with E-state index in [4.69, 9.17) is 4.74 Å². The molecule has 0 saturated carbocycles. The summed E-state index contributed by atoms with van der Waals surface area (Å²) in [6, 6.07) is 5.66. The average molecular weight is 302 g/mol. The average Bonchev–Trinajstić information content (AvgIpc) is 3.16. The van der Waals surface area contributed by atoms with Crippen molar-refractivity contribution in [3.8, 4) is 16.3 Å². The molecule has 1 aliphatic heterocycles. The number of aryl methyl sites for hydroxylation is 1. The topological polar surface area (TPSA) is 72.5 Å². The van der Waals surface area contributed by atoms with Gasteiger partial charge in [0.1, 0.15) is 5.75 Å². The standard InChI is InChI=1S/C14H14N4O2S/c1-8-3-2-4-10(11(8)19)13-17-18-12(9-5-6-20-7-9)15-16-14(18)21-13/h2-4,9,19H,5-7H2,1H3. The number of aromatic nitrogens is 4. The fourth-order valence-corrected chi connectivity index (χ4v) is 3.44. The Kier molecular flexibility index (Phi) is 2.90. The number of benzene rings is 1. The number of ether oxygens (including phenoxy) is 1. The minimum Gasteiger partial charge on any atom is -0.507 e. The number of nitrogens with zero attached hydrogens (tertiary/aromatic N) is 4. The third-order valence-corrected chi connectivity index (χ3v) is 4.71. The van der Waals surface area contributed by atoms with Gasteiger partial charge in [-0.1, -0.05) is 23.5 Å². The van der Waals surface area contributed by atoms with Crippen molar-refractivity contribution in [1.29, 1.82) is 0 Å². The molecule has 0 bridgehead atoms. The summed E-state index contributed by atoms with van der Waals surface area (Å²) in [6.07, 6.45) is 0.948. The molecule has 0 amide bonds. The molecule has 3 aromatic rings. The lowest BCUT2D eigenvalue weighted by molar-refractivity contribution is 0.193. The maximum Gasteiger partial charge on any atom is 0.234 e. The smallest absolute Gasteiger partial charge is 0.234 e. The zero-order valence-corrected chi connectivity index (χ0v) is 12.3. The van der Waals surface area contributed by atoms with E-state index in [1.54, 1.807) is 4.52 Å². The first-order valence-electron chi connectivity index (χ1n) is 6.83. The van der Waals surface area contributed by atoms with Crippen molar-refractivity contribution in [3.05, 3.63) is 29.6 Å². The molecule has 0 aliphatic carbocycles. The monoisotopic (exact) mass is 302 g/mol. The highest BCUT2D eigenvalue weighted by Crippen LogP contribution is 2.35. The largest absolute Gasteiger partial charge is 0.507 e. The summed E-state index contributed by atoms with van der Waals surface area (Å²) in [7, 11) is 0. The van der Waals surface area contributed by atoms with Crippen LogP contribution in [-0.4, -0.2) is 38.1 Å². The Balaban J connectivity index is 1.82. The summed E-state index contributed by atoms with van der Waals surface area (Å²) in [5.41, 5.74) is 1.57. The van der Waals surface area contributed by atoms with E-state index >= 15 is 0 Å². The van der Waals surface area contributed by atoms with Crippen LogP contribution in [-0.2, 0) is 4.74 Å². The molecule has 7 heteroatoms. The molecule has 1 atom stereocenters. The molecule has 2 aromatic heterocycles. The van der Waals surface area contributed by atoms with Gasteiger partial charge in [-0.3, -0.25) is 0 Å². The van der Waals surface area contributed by atoms with Crippen LogP contribution in [0.2, 0.25) is 0 Å². The molecule has 0 radical (unpaired) electrons. The highest BCUT2D eigenvalue weighted by Gasteiger charge is 2.25. The second kappa shape index (κ2) is 4.78. The lowest BCUT2D eigenvalue weighted by Gasteiger charge is -2.04. The molecule has 108 valence electrons. The van der Waals surface area contributed by atoms with E-state index in [1.165, 1.54) is 11.3 Å². The van der Waals surface area contributed by atoms with E-state index in [-0.39, 0.29) is 11.7 Å². The fourth-order valence-electron chi connectivity index (χ4n) is 2.57. The second-order valence-corrected chi connectivity index (χ2v) is 6.15. The molecule has 1 N–H and O–H groups in total. The van der Waals surface area contributed by atoms with Crippen molar-refractivity contribution in [2.45, 2.75) is 19.3 Å². The van der Waals surface area contributed by atoms with Gasteiger partial charge in [-0.25, -0.2) is 0 Å². The Bertz CT molecular complexity index is 805. The molecule has 4 rings (SSSR count). The maximum atomic E-state index is 10.2. The minimum absolute atomic E-state index is 0.251.